The summed E-state index contributed by atoms with van der Waals surface area (Å²) in [6, 6.07) is 1.59. The summed E-state index contributed by atoms with van der Waals surface area (Å²) < 4.78 is 11.1. The zero-order valence-corrected chi connectivity index (χ0v) is 11.0. The molecule has 1 N–H and O–H groups in total. The monoisotopic (exact) mass is 267 g/mol. The van der Waals surface area contributed by atoms with E-state index in [1.165, 1.54) is 6.20 Å². The van der Waals surface area contributed by atoms with E-state index in [1.807, 2.05) is 6.92 Å². The van der Waals surface area contributed by atoms with E-state index < -0.39 is 4.92 Å². The van der Waals surface area contributed by atoms with E-state index in [1.54, 1.807) is 13.0 Å². The van der Waals surface area contributed by atoms with Crippen LogP contribution in [0.3, 0.4) is 0 Å². The van der Waals surface area contributed by atoms with Crippen molar-refractivity contribution in [2.75, 3.05) is 19.7 Å². The Kier molecular flexibility index (Phi) is 4.28. The lowest BCUT2D eigenvalue weighted by Crippen LogP contribution is -2.45. The summed E-state index contributed by atoms with van der Waals surface area (Å²) in [6.07, 6.45) is 1.49. The zero-order chi connectivity index (χ0) is 13.8. The van der Waals surface area contributed by atoms with Crippen LogP contribution < -0.4 is 10.1 Å². The Morgan fingerprint density at radius 2 is 2.42 bits per heavy atom. The number of nitrogens with one attached hydrogen (secondary N) is 1. The molecule has 1 aromatic heterocycles. The maximum Gasteiger partial charge on any atom is 0.333 e. The summed E-state index contributed by atoms with van der Waals surface area (Å²) in [5, 5.41) is 14.2. The molecule has 2 unspecified atom stereocenters. The number of hydrogen-bond donors (Lipinski definition) is 1. The van der Waals surface area contributed by atoms with E-state index in [2.05, 4.69) is 10.3 Å². The summed E-state index contributed by atoms with van der Waals surface area (Å²) in [5.41, 5.74) is 0.449. The van der Waals surface area contributed by atoms with Crippen molar-refractivity contribution in [3.8, 4) is 5.88 Å². The summed E-state index contributed by atoms with van der Waals surface area (Å²) in [5.74, 6) is 0.0480. The first-order valence-corrected chi connectivity index (χ1v) is 6.17. The number of aryl methyl sites for hydroxylation is 1. The molecule has 1 aliphatic rings. The summed E-state index contributed by atoms with van der Waals surface area (Å²) >= 11 is 0. The highest BCUT2D eigenvalue weighted by molar-refractivity contribution is 5.47. The zero-order valence-electron chi connectivity index (χ0n) is 11.0. The number of rotatable bonds is 4. The molecule has 7 heteroatoms. The van der Waals surface area contributed by atoms with E-state index in [0.29, 0.717) is 12.1 Å². The Morgan fingerprint density at radius 3 is 3.11 bits per heavy atom. The molecule has 19 heavy (non-hydrogen) atoms. The van der Waals surface area contributed by atoms with Crippen LogP contribution in [0.5, 0.6) is 5.88 Å². The van der Waals surface area contributed by atoms with Crippen LogP contribution in [-0.4, -0.2) is 41.8 Å². The van der Waals surface area contributed by atoms with Crippen LogP contribution in [0, 0.1) is 17.0 Å². The number of nitro groups is 1. The number of morpholine rings is 1. The fourth-order valence-corrected chi connectivity index (χ4v) is 2.00. The minimum Gasteiger partial charge on any atom is -0.470 e. The van der Waals surface area contributed by atoms with Crippen LogP contribution in [0.15, 0.2) is 12.3 Å². The highest BCUT2D eigenvalue weighted by Gasteiger charge is 2.23. The average Bonchev–Trinajstić information content (AvgIpc) is 2.36. The van der Waals surface area contributed by atoms with Gasteiger partial charge in [0.2, 0.25) is 0 Å². The molecule has 0 aromatic carbocycles. The van der Waals surface area contributed by atoms with E-state index in [-0.39, 0.29) is 30.4 Å². The maximum atomic E-state index is 11.0. The normalized spacial score (nSPS) is 23.1. The predicted molar refractivity (Wildman–Crippen MR) is 68.3 cm³/mol. The SMILES string of the molecule is Cc1ccnc(OCC2CNCC(C)O2)c1[N+](=O)[O-]. The summed E-state index contributed by atoms with van der Waals surface area (Å²) in [4.78, 5) is 14.4. The average molecular weight is 267 g/mol. The lowest BCUT2D eigenvalue weighted by Gasteiger charge is -2.28. The molecule has 7 nitrogen and oxygen atoms in total. The molecule has 2 heterocycles. The van der Waals surface area contributed by atoms with Crippen LogP contribution in [-0.2, 0) is 4.74 Å². The van der Waals surface area contributed by atoms with Gasteiger partial charge in [0.1, 0.15) is 12.7 Å². The van der Waals surface area contributed by atoms with Gasteiger partial charge in [-0.05, 0) is 19.9 Å². The fraction of sp³-hybridized carbons (Fsp3) is 0.583. The van der Waals surface area contributed by atoms with E-state index in [4.69, 9.17) is 9.47 Å². The largest absolute Gasteiger partial charge is 0.470 e. The second-order valence-electron chi connectivity index (χ2n) is 4.58. The minimum absolute atomic E-state index is 0.0480. The molecule has 1 saturated heterocycles. The molecular formula is C12H17N3O4. The smallest absolute Gasteiger partial charge is 0.333 e. The second-order valence-corrected chi connectivity index (χ2v) is 4.58. The molecule has 2 atom stereocenters. The number of hydrogen-bond acceptors (Lipinski definition) is 6. The van der Waals surface area contributed by atoms with Crippen molar-refractivity contribution in [3.63, 3.8) is 0 Å². The number of pyridine rings is 1. The molecule has 1 aliphatic heterocycles. The first-order chi connectivity index (χ1) is 9.08. The molecule has 0 saturated carbocycles. The number of aromatic nitrogens is 1. The van der Waals surface area contributed by atoms with Crippen molar-refractivity contribution in [1.82, 2.24) is 10.3 Å². The highest BCUT2D eigenvalue weighted by atomic mass is 16.6. The van der Waals surface area contributed by atoms with Gasteiger partial charge in [-0.3, -0.25) is 10.1 Å². The van der Waals surface area contributed by atoms with Crippen molar-refractivity contribution in [2.45, 2.75) is 26.1 Å². The third-order valence-corrected chi connectivity index (χ3v) is 2.91. The molecule has 0 radical (unpaired) electrons. The van der Waals surface area contributed by atoms with Gasteiger partial charge in [0.15, 0.2) is 0 Å². The van der Waals surface area contributed by atoms with Crippen molar-refractivity contribution < 1.29 is 14.4 Å². The van der Waals surface area contributed by atoms with Gasteiger partial charge in [-0.2, -0.15) is 0 Å². The maximum absolute atomic E-state index is 11.0. The van der Waals surface area contributed by atoms with Gasteiger partial charge in [-0.25, -0.2) is 4.98 Å². The third-order valence-electron chi connectivity index (χ3n) is 2.91. The lowest BCUT2D eigenvalue weighted by atomic mass is 10.2. The Hall–Kier alpha value is -1.73. The lowest BCUT2D eigenvalue weighted by molar-refractivity contribution is -0.386. The Morgan fingerprint density at radius 1 is 1.63 bits per heavy atom. The minimum atomic E-state index is -0.472. The van der Waals surface area contributed by atoms with Crippen LogP contribution in [0.1, 0.15) is 12.5 Å². The van der Waals surface area contributed by atoms with Crippen LogP contribution in [0.4, 0.5) is 5.69 Å². The van der Waals surface area contributed by atoms with Gasteiger partial charge < -0.3 is 14.8 Å². The van der Waals surface area contributed by atoms with Gasteiger partial charge in [0.25, 0.3) is 5.88 Å². The Balaban J connectivity index is 2.03. The third kappa shape index (κ3) is 3.39. The standard InChI is InChI=1S/C12H17N3O4/c1-8-3-4-14-12(11(8)15(16)17)18-7-10-6-13-5-9(2)19-10/h3-4,9-10,13H,5-7H2,1-2H3. The van der Waals surface area contributed by atoms with Gasteiger partial charge in [0.05, 0.1) is 11.0 Å². The molecule has 0 aliphatic carbocycles. The molecule has 2 rings (SSSR count). The first-order valence-electron chi connectivity index (χ1n) is 6.17. The topological polar surface area (TPSA) is 86.5 Å². The molecular weight excluding hydrogens is 250 g/mol. The second kappa shape index (κ2) is 5.94. The Bertz CT molecular complexity index is 466. The van der Waals surface area contributed by atoms with E-state index in [0.717, 1.165) is 6.54 Å². The quantitative estimate of drug-likeness (QED) is 0.648. The molecule has 0 amide bonds. The Labute approximate surface area is 111 Å². The van der Waals surface area contributed by atoms with Gasteiger partial charge >= 0.3 is 5.69 Å². The highest BCUT2D eigenvalue weighted by Crippen LogP contribution is 2.27. The summed E-state index contributed by atoms with van der Waals surface area (Å²) in [6.45, 7) is 5.35. The fourth-order valence-electron chi connectivity index (χ4n) is 2.00. The number of ether oxygens (including phenoxy) is 2. The van der Waals surface area contributed by atoms with Crippen LogP contribution >= 0.6 is 0 Å². The van der Waals surface area contributed by atoms with Crippen molar-refractivity contribution >= 4 is 5.69 Å². The van der Waals surface area contributed by atoms with E-state index >= 15 is 0 Å². The van der Waals surface area contributed by atoms with Crippen molar-refractivity contribution in [3.05, 3.63) is 27.9 Å². The molecule has 1 fully saturated rings. The van der Waals surface area contributed by atoms with Gasteiger partial charge in [-0.1, -0.05) is 0 Å². The molecule has 0 bridgehead atoms. The molecule has 0 spiro atoms. The van der Waals surface area contributed by atoms with Crippen molar-refractivity contribution in [1.29, 1.82) is 0 Å². The number of nitrogens with zero attached hydrogens (tertiary/aromatic N) is 2. The van der Waals surface area contributed by atoms with Crippen molar-refractivity contribution in [2.24, 2.45) is 0 Å². The summed E-state index contributed by atoms with van der Waals surface area (Å²) in [7, 11) is 0. The van der Waals surface area contributed by atoms with Gasteiger partial charge in [-0.15, -0.1) is 0 Å². The van der Waals surface area contributed by atoms with Crippen LogP contribution in [0.25, 0.3) is 0 Å². The predicted octanol–water partition coefficient (Wildman–Crippen LogP) is 1.05. The molecule has 104 valence electrons. The van der Waals surface area contributed by atoms with Crippen LogP contribution in [0.2, 0.25) is 0 Å². The van der Waals surface area contributed by atoms with E-state index in [9.17, 15) is 10.1 Å². The first kappa shape index (κ1) is 13.7. The van der Waals surface area contributed by atoms with Gasteiger partial charge in [0, 0.05) is 24.8 Å². The molecule has 1 aromatic rings.